The largest absolute Gasteiger partial charge is 0.365 e. The van der Waals surface area contributed by atoms with Crippen molar-refractivity contribution in [3.63, 3.8) is 0 Å². The summed E-state index contributed by atoms with van der Waals surface area (Å²) < 4.78 is 4.52. The van der Waals surface area contributed by atoms with E-state index in [2.05, 4.69) is 28.4 Å². The maximum atomic E-state index is 12.0. The summed E-state index contributed by atoms with van der Waals surface area (Å²) in [4.78, 5) is 17.1. The molecule has 1 amide bonds. The average molecular weight is 363 g/mol. The van der Waals surface area contributed by atoms with Gasteiger partial charge in [0.1, 0.15) is 4.88 Å². The number of carbonyl (C=O) groups excluding carboxylic acids is 1. The lowest BCUT2D eigenvalue weighted by Crippen LogP contribution is -2.10. The fourth-order valence-electron chi connectivity index (χ4n) is 2.90. The summed E-state index contributed by atoms with van der Waals surface area (Å²) >= 11 is 1.11. The first-order valence-electron chi connectivity index (χ1n) is 8.25. The average Bonchev–Trinajstić information content (AvgIpc) is 3.27. The van der Waals surface area contributed by atoms with Crippen LogP contribution < -0.4 is 5.73 Å². The minimum Gasteiger partial charge on any atom is -0.365 e. The molecule has 0 spiro atoms. The van der Waals surface area contributed by atoms with Gasteiger partial charge in [-0.15, -0.1) is 0 Å². The van der Waals surface area contributed by atoms with E-state index >= 15 is 0 Å². The number of nitrogens with zero attached hydrogens (tertiary/aromatic N) is 3. The third-order valence-corrected chi connectivity index (χ3v) is 5.11. The zero-order valence-corrected chi connectivity index (χ0v) is 15.2. The molecule has 7 heteroatoms. The Balaban J connectivity index is 1.94. The first kappa shape index (κ1) is 16.4. The number of hydrogen-bond acceptors (Lipinski definition) is 5. The Morgan fingerprint density at radius 1 is 1.23 bits per heavy atom. The second-order valence-electron chi connectivity index (χ2n) is 6.37. The molecule has 4 aromatic rings. The first-order chi connectivity index (χ1) is 12.5. The molecule has 4 rings (SSSR count). The number of amides is 1. The fourth-order valence-corrected chi connectivity index (χ4v) is 3.66. The van der Waals surface area contributed by atoms with Gasteiger partial charge in [-0.05, 0) is 41.7 Å². The number of hydrogen-bond donors (Lipinski definition) is 2. The summed E-state index contributed by atoms with van der Waals surface area (Å²) in [5, 5.41) is 7.96. The van der Waals surface area contributed by atoms with Crippen molar-refractivity contribution >= 4 is 28.3 Å². The van der Waals surface area contributed by atoms with Crippen LogP contribution >= 0.6 is 11.5 Å². The molecule has 0 unspecified atom stereocenters. The van der Waals surface area contributed by atoms with Gasteiger partial charge in [0.2, 0.25) is 0 Å². The molecule has 0 aliphatic carbocycles. The summed E-state index contributed by atoms with van der Waals surface area (Å²) in [6.07, 6.45) is 1.76. The molecule has 1 aromatic carbocycles. The predicted molar refractivity (Wildman–Crippen MR) is 103 cm³/mol. The van der Waals surface area contributed by atoms with Crippen molar-refractivity contribution in [2.75, 3.05) is 0 Å². The Bertz CT molecular complexity index is 1110. The fraction of sp³-hybridized carbons (Fsp3) is 0.158. The highest BCUT2D eigenvalue weighted by Gasteiger charge is 2.22. The molecule has 0 saturated carbocycles. The third kappa shape index (κ3) is 2.76. The molecule has 3 aromatic heterocycles. The van der Waals surface area contributed by atoms with Crippen LogP contribution in [-0.4, -0.2) is 25.5 Å². The van der Waals surface area contributed by atoms with E-state index in [1.165, 1.54) is 0 Å². The molecule has 0 radical (unpaired) electrons. The Labute approximate surface area is 154 Å². The Morgan fingerprint density at radius 3 is 2.85 bits per heavy atom. The zero-order chi connectivity index (χ0) is 18.3. The van der Waals surface area contributed by atoms with Crippen LogP contribution in [0.25, 0.3) is 33.4 Å². The number of rotatable bonds is 4. The van der Waals surface area contributed by atoms with Crippen LogP contribution in [0, 0.1) is 0 Å². The quantitative estimate of drug-likeness (QED) is 0.573. The number of nitrogens with one attached hydrogen (secondary N) is 1. The smallest absolute Gasteiger partial charge is 0.261 e. The highest BCUT2D eigenvalue weighted by Crippen LogP contribution is 2.37. The van der Waals surface area contributed by atoms with E-state index in [4.69, 9.17) is 10.7 Å². The highest BCUT2D eigenvalue weighted by atomic mass is 32.1. The molecule has 6 nitrogen and oxygen atoms in total. The van der Waals surface area contributed by atoms with E-state index in [-0.39, 0.29) is 5.92 Å². The summed E-state index contributed by atoms with van der Waals surface area (Å²) in [7, 11) is 0. The van der Waals surface area contributed by atoms with Crippen molar-refractivity contribution in [2.24, 2.45) is 5.73 Å². The number of nitrogens with two attached hydrogens (primary N) is 1. The molecule has 130 valence electrons. The lowest BCUT2D eigenvalue weighted by molar-refractivity contribution is 0.100. The number of aromatic nitrogens is 4. The van der Waals surface area contributed by atoms with Crippen LogP contribution in [0.4, 0.5) is 0 Å². The van der Waals surface area contributed by atoms with E-state index in [1.807, 2.05) is 36.4 Å². The lowest BCUT2D eigenvalue weighted by atomic mass is 10.0. The lowest BCUT2D eigenvalue weighted by Gasteiger charge is -2.09. The molecule has 0 bridgehead atoms. The summed E-state index contributed by atoms with van der Waals surface area (Å²) in [5.74, 6) is -0.214. The topological polar surface area (TPSA) is 97.5 Å². The van der Waals surface area contributed by atoms with Crippen LogP contribution in [0.3, 0.4) is 0 Å². The molecule has 0 saturated heterocycles. The molecule has 3 heterocycles. The second-order valence-corrected chi connectivity index (χ2v) is 7.15. The van der Waals surface area contributed by atoms with Gasteiger partial charge in [0, 0.05) is 16.6 Å². The maximum Gasteiger partial charge on any atom is 0.261 e. The standard InChI is InChI=1S/C19H17N5OS/c1-10(2)13-4-3-5-15(22-13)16-17(24-26-18(16)19(20)25)11-6-7-14-12(8-11)9-21-23-14/h3-10H,1-2H3,(H2,20,25)(H,21,23). The monoisotopic (exact) mass is 363 g/mol. The first-order valence-corrected chi connectivity index (χ1v) is 9.02. The SMILES string of the molecule is CC(C)c1cccc(-c2c(-c3ccc4[nH]ncc4c3)nsc2C(N)=O)n1. The van der Waals surface area contributed by atoms with E-state index in [9.17, 15) is 4.79 Å². The molecule has 0 atom stereocenters. The Kier molecular flexibility index (Phi) is 4.00. The molecule has 0 aliphatic rings. The van der Waals surface area contributed by atoms with Gasteiger partial charge in [-0.1, -0.05) is 26.0 Å². The van der Waals surface area contributed by atoms with E-state index in [1.54, 1.807) is 6.20 Å². The van der Waals surface area contributed by atoms with Gasteiger partial charge >= 0.3 is 0 Å². The van der Waals surface area contributed by atoms with Crippen LogP contribution in [0.15, 0.2) is 42.6 Å². The van der Waals surface area contributed by atoms with Crippen LogP contribution in [0.2, 0.25) is 0 Å². The number of pyridine rings is 1. The van der Waals surface area contributed by atoms with Gasteiger partial charge in [-0.25, -0.2) is 0 Å². The van der Waals surface area contributed by atoms with Crippen molar-refractivity contribution in [2.45, 2.75) is 19.8 Å². The van der Waals surface area contributed by atoms with Gasteiger partial charge in [-0.2, -0.15) is 9.47 Å². The van der Waals surface area contributed by atoms with Gasteiger partial charge < -0.3 is 5.73 Å². The normalized spacial score (nSPS) is 11.3. The summed E-state index contributed by atoms with van der Waals surface area (Å²) in [5.41, 5.74) is 10.5. The second kappa shape index (κ2) is 6.34. The number of fused-ring (bicyclic) bond motifs is 1. The minimum absolute atomic E-state index is 0.282. The van der Waals surface area contributed by atoms with E-state index < -0.39 is 5.91 Å². The van der Waals surface area contributed by atoms with Crippen LogP contribution in [0.5, 0.6) is 0 Å². The van der Waals surface area contributed by atoms with Crippen molar-refractivity contribution in [3.8, 4) is 22.5 Å². The molecule has 26 heavy (non-hydrogen) atoms. The van der Waals surface area contributed by atoms with Crippen molar-refractivity contribution < 1.29 is 4.79 Å². The molecule has 0 fully saturated rings. The number of benzene rings is 1. The Morgan fingerprint density at radius 2 is 2.08 bits per heavy atom. The highest BCUT2D eigenvalue weighted by molar-refractivity contribution is 7.09. The third-order valence-electron chi connectivity index (χ3n) is 4.25. The van der Waals surface area contributed by atoms with Gasteiger partial charge in [0.15, 0.2) is 0 Å². The number of H-pyrrole nitrogens is 1. The molecular formula is C19H17N5OS. The predicted octanol–water partition coefficient (Wildman–Crippen LogP) is 3.97. The molecular weight excluding hydrogens is 346 g/mol. The zero-order valence-electron chi connectivity index (χ0n) is 14.4. The Hall–Kier alpha value is -3.06. The minimum atomic E-state index is -0.495. The maximum absolute atomic E-state index is 12.0. The number of primary amides is 1. The van der Waals surface area contributed by atoms with Crippen molar-refractivity contribution in [1.29, 1.82) is 0 Å². The van der Waals surface area contributed by atoms with Crippen molar-refractivity contribution in [3.05, 3.63) is 53.2 Å². The summed E-state index contributed by atoms with van der Waals surface area (Å²) in [6, 6.07) is 11.7. The van der Waals surface area contributed by atoms with Crippen LogP contribution in [-0.2, 0) is 0 Å². The van der Waals surface area contributed by atoms with Crippen molar-refractivity contribution in [1.82, 2.24) is 19.6 Å². The van der Waals surface area contributed by atoms with E-state index in [0.717, 1.165) is 33.7 Å². The van der Waals surface area contributed by atoms with E-state index in [0.29, 0.717) is 21.8 Å². The van der Waals surface area contributed by atoms with Gasteiger partial charge in [-0.3, -0.25) is 14.9 Å². The number of carbonyl (C=O) groups is 1. The van der Waals surface area contributed by atoms with Crippen LogP contribution in [0.1, 0.15) is 35.1 Å². The van der Waals surface area contributed by atoms with Gasteiger partial charge in [0.05, 0.1) is 28.7 Å². The summed E-state index contributed by atoms with van der Waals surface area (Å²) in [6.45, 7) is 4.17. The number of aromatic amines is 1. The molecule has 0 aliphatic heterocycles. The van der Waals surface area contributed by atoms with Gasteiger partial charge in [0.25, 0.3) is 5.91 Å². The molecule has 3 N–H and O–H groups in total.